The number of benzene rings is 3. The molecule has 3 aromatic rings. The standard InChI is InChI=1S/C16H23NO.C14H14O.C7H14.C6H12.C5H12N2O/c1-3-13(2)15(14-9-5-4-6-10-14)16(18)17-11-7-8-12-17;1-11(15)6-7-12-8-9-13-4-2-3-5-14(13)10-12;1-4-6-7(3)5-2;1-4-6(3)5-2;1-5(2,7)4(6)3-8/h4-6,9-10,13,15H,3,7-8,11-12H2,1-2H3;2-5,8-10H,6-7H2,1H3;5H,4,6H2,1-3H3;4H,5H2,1-3H3;3,8H,6-7H2,1-2H3/b;;7-5+;6-4+;4-3+. The minimum atomic E-state index is -0.602. The molecule has 0 aliphatic carbocycles. The Morgan fingerprint density at radius 1 is 0.833 bits per heavy atom. The summed E-state index contributed by atoms with van der Waals surface area (Å²) in [5.41, 5.74) is 15.7. The molecule has 1 amide bonds. The van der Waals surface area contributed by atoms with Gasteiger partial charge >= 0.3 is 0 Å². The molecule has 0 spiro atoms. The molecule has 0 radical (unpaired) electrons. The van der Waals surface area contributed by atoms with E-state index in [1.54, 1.807) is 20.8 Å². The number of nitrogens with zero attached hydrogens (tertiary/aromatic N) is 1. The Bertz CT molecular complexity index is 1560. The molecule has 1 saturated heterocycles. The van der Waals surface area contributed by atoms with Crippen molar-refractivity contribution < 1.29 is 14.7 Å². The lowest BCUT2D eigenvalue weighted by molar-refractivity contribution is -0.133. The Hall–Kier alpha value is -4.16. The third-order valence-electron chi connectivity index (χ3n) is 9.71. The highest BCUT2D eigenvalue weighted by molar-refractivity contribution is 5.84. The van der Waals surface area contributed by atoms with Crippen LogP contribution in [0.15, 0.2) is 108 Å². The second kappa shape index (κ2) is 28.3. The average molecular weight is 742 g/mol. The van der Waals surface area contributed by atoms with Gasteiger partial charge in [-0.3, -0.25) is 4.79 Å². The first-order chi connectivity index (χ1) is 25.6. The van der Waals surface area contributed by atoms with E-state index in [-0.39, 0.29) is 17.4 Å². The van der Waals surface area contributed by atoms with Gasteiger partial charge in [-0.2, -0.15) is 0 Å². The fourth-order valence-corrected chi connectivity index (χ4v) is 5.37. The van der Waals surface area contributed by atoms with E-state index < -0.39 is 5.54 Å². The van der Waals surface area contributed by atoms with Gasteiger partial charge in [-0.05, 0) is 108 Å². The van der Waals surface area contributed by atoms with E-state index in [0.29, 0.717) is 18.2 Å². The number of hydrogen-bond donors (Lipinski definition) is 3. The zero-order valence-electron chi connectivity index (χ0n) is 35.8. The minimum Gasteiger partial charge on any atom is -0.514 e. The predicted octanol–water partition coefficient (Wildman–Crippen LogP) is 12.0. The molecule has 1 aliphatic rings. The lowest BCUT2D eigenvalue weighted by atomic mass is 9.84. The van der Waals surface area contributed by atoms with E-state index in [1.165, 1.54) is 52.3 Å². The summed E-state index contributed by atoms with van der Waals surface area (Å²) >= 11 is 0. The van der Waals surface area contributed by atoms with Crippen molar-refractivity contribution in [2.75, 3.05) is 13.1 Å². The topological polar surface area (TPSA) is 110 Å². The highest BCUT2D eigenvalue weighted by Gasteiger charge is 2.30. The summed E-state index contributed by atoms with van der Waals surface area (Å²) in [6.45, 7) is 24.1. The number of amides is 1. The van der Waals surface area contributed by atoms with E-state index in [2.05, 4.69) is 110 Å². The van der Waals surface area contributed by atoms with Crippen LogP contribution in [0.1, 0.15) is 138 Å². The molecule has 0 aromatic heterocycles. The third-order valence-corrected chi connectivity index (χ3v) is 9.71. The van der Waals surface area contributed by atoms with Crippen molar-refractivity contribution in [3.63, 3.8) is 0 Å². The van der Waals surface area contributed by atoms with E-state index in [4.69, 9.17) is 16.6 Å². The molecule has 0 saturated carbocycles. The Kier molecular flexibility index (Phi) is 26.1. The number of nitrogens with two attached hydrogens (primary N) is 2. The summed E-state index contributed by atoms with van der Waals surface area (Å²) in [5.74, 6) is 1.02. The monoisotopic (exact) mass is 742 g/mol. The van der Waals surface area contributed by atoms with Gasteiger partial charge in [-0.25, -0.2) is 0 Å². The number of carbonyl (C=O) groups excluding carboxylic acids is 2. The van der Waals surface area contributed by atoms with Gasteiger partial charge in [0, 0.05) is 19.5 Å². The van der Waals surface area contributed by atoms with Crippen LogP contribution in [0.2, 0.25) is 0 Å². The summed E-state index contributed by atoms with van der Waals surface area (Å²) in [4.78, 5) is 25.6. The van der Waals surface area contributed by atoms with Gasteiger partial charge in [-0.1, -0.05) is 137 Å². The molecule has 5 N–H and O–H groups in total. The van der Waals surface area contributed by atoms with Gasteiger partial charge in [0.25, 0.3) is 0 Å². The van der Waals surface area contributed by atoms with Crippen molar-refractivity contribution in [3.8, 4) is 0 Å². The van der Waals surface area contributed by atoms with Crippen molar-refractivity contribution in [1.82, 2.24) is 4.90 Å². The molecule has 1 aliphatic heterocycles. The molecule has 300 valence electrons. The molecule has 2 atom stereocenters. The first-order valence-electron chi connectivity index (χ1n) is 20.0. The Morgan fingerprint density at radius 2 is 1.39 bits per heavy atom. The highest BCUT2D eigenvalue weighted by Crippen LogP contribution is 2.30. The molecule has 1 heterocycles. The zero-order chi connectivity index (χ0) is 41.1. The zero-order valence-corrected chi connectivity index (χ0v) is 35.8. The molecule has 4 rings (SSSR count). The van der Waals surface area contributed by atoms with Crippen LogP contribution >= 0.6 is 0 Å². The van der Waals surface area contributed by atoms with Crippen molar-refractivity contribution in [2.24, 2.45) is 17.4 Å². The average Bonchev–Trinajstić information content (AvgIpc) is 3.73. The number of Topliss-reactive ketones (excluding diaryl/α,β-unsaturated/α-hetero) is 1. The molecule has 2 unspecified atom stereocenters. The number of ketones is 1. The molecule has 6 nitrogen and oxygen atoms in total. The SMILES string of the molecule is C/C=C(\C)CC.C/C=C(\C)CCC.CC(=O)CCc1ccc2ccccc2c1.CC(C)(N)/C(N)=C\O.CCC(C)C(C(=O)N1CCCC1)c1ccccc1. The maximum Gasteiger partial charge on any atom is 0.230 e. The van der Waals surface area contributed by atoms with Gasteiger partial charge in [0.1, 0.15) is 5.78 Å². The van der Waals surface area contributed by atoms with Gasteiger partial charge in [0.05, 0.1) is 23.4 Å². The van der Waals surface area contributed by atoms with Gasteiger partial charge in [0.15, 0.2) is 0 Å². The number of carbonyl (C=O) groups is 2. The minimum absolute atomic E-state index is 0.0364. The smallest absolute Gasteiger partial charge is 0.230 e. The maximum absolute atomic E-state index is 12.7. The predicted molar refractivity (Wildman–Crippen MR) is 235 cm³/mol. The summed E-state index contributed by atoms with van der Waals surface area (Å²) in [6.07, 6.45) is 13.7. The number of hydrogen-bond acceptors (Lipinski definition) is 5. The van der Waals surface area contributed by atoms with Crippen LogP contribution in [-0.4, -0.2) is 40.3 Å². The summed E-state index contributed by atoms with van der Waals surface area (Å²) in [7, 11) is 0. The van der Waals surface area contributed by atoms with Crippen molar-refractivity contribution in [2.45, 2.75) is 139 Å². The van der Waals surface area contributed by atoms with E-state index >= 15 is 0 Å². The van der Waals surface area contributed by atoms with Crippen molar-refractivity contribution >= 4 is 22.5 Å². The van der Waals surface area contributed by atoms with Gasteiger partial charge in [0.2, 0.25) is 5.91 Å². The molecular formula is C48H75N3O3. The van der Waals surface area contributed by atoms with E-state index in [9.17, 15) is 9.59 Å². The van der Waals surface area contributed by atoms with Crippen LogP contribution in [-0.2, 0) is 16.0 Å². The quantitative estimate of drug-likeness (QED) is 0.134. The van der Waals surface area contributed by atoms with E-state index in [0.717, 1.165) is 45.0 Å². The van der Waals surface area contributed by atoms with Gasteiger partial charge < -0.3 is 26.3 Å². The molecule has 1 fully saturated rings. The van der Waals surface area contributed by atoms with Crippen LogP contribution in [0.25, 0.3) is 10.8 Å². The lowest BCUT2D eigenvalue weighted by Gasteiger charge is -2.27. The number of rotatable bonds is 11. The second-order valence-electron chi connectivity index (χ2n) is 14.9. The maximum atomic E-state index is 12.7. The molecule has 0 bridgehead atoms. The van der Waals surface area contributed by atoms with Crippen LogP contribution < -0.4 is 11.5 Å². The molecule has 54 heavy (non-hydrogen) atoms. The first kappa shape index (κ1) is 49.8. The highest BCUT2D eigenvalue weighted by atomic mass is 16.2. The summed E-state index contributed by atoms with van der Waals surface area (Å²) in [5, 5.41) is 10.8. The fraction of sp³-hybridized carbons (Fsp3) is 0.500. The third kappa shape index (κ3) is 20.9. The van der Waals surface area contributed by atoms with Crippen LogP contribution in [0.4, 0.5) is 0 Å². The second-order valence-corrected chi connectivity index (χ2v) is 14.9. The van der Waals surface area contributed by atoms with Crippen LogP contribution in [0.3, 0.4) is 0 Å². The number of fused-ring (bicyclic) bond motifs is 1. The Morgan fingerprint density at radius 3 is 1.80 bits per heavy atom. The normalized spacial score (nSPS) is 14.1. The lowest BCUT2D eigenvalue weighted by Crippen LogP contribution is -2.38. The first-order valence-corrected chi connectivity index (χ1v) is 20.0. The van der Waals surface area contributed by atoms with Crippen LogP contribution in [0, 0.1) is 5.92 Å². The van der Waals surface area contributed by atoms with Crippen molar-refractivity contribution in [3.05, 3.63) is 119 Å². The number of likely N-dealkylation sites (tertiary alicyclic amines) is 1. The van der Waals surface area contributed by atoms with E-state index in [1.807, 2.05) is 35.2 Å². The fourth-order valence-electron chi connectivity index (χ4n) is 5.37. The van der Waals surface area contributed by atoms with Gasteiger partial charge in [-0.15, -0.1) is 0 Å². The Balaban J connectivity index is 0.000000701. The largest absolute Gasteiger partial charge is 0.514 e. The summed E-state index contributed by atoms with van der Waals surface area (Å²) < 4.78 is 0. The van der Waals surface area contributed by atoms with Crippen LogP contribution in [0.5, 0.6) is 0 Å². The molecule has 6 heteroatoms. The Labute approximate surface area is 329 Å². The van der Waals surface area contributed by atoms with Crippen molar-refractivity contribution in [1.29, 1.82) is 0 Å². The summed E-state index contributed by atoms with van der Waals surface area (Å²) in [6, 6.07) is 24.9. The molecule has 3 aromatic carbocycles. The number of allylic oxidation sites excluding steroid dienone is 4. The number of aliphatic hydroxyl groups excluding tert-OH is 1. The number of aliphatic hydroxyl groups is 1. The molecular weight excluding hydrogens is 667 g/mol. The number of aryl methyl sites for hydroxylation is 1.